The maximum Gasteiger partial charge on any atom is 0.259 e. The predicted molar refractivity (Wildman–Crippen MR) is 153 cm³/mol. The number of ether oxygens (including phenoxy) is 2. The topological polar surface area (TPSA) is 50.8 Å². The second-order valence-corrected chi connectivity index (χ2v) is 10.1. The van der Waals surface area contributed by atoms with E-state index in [0.717, 1.165) is 41.1 Å². The molecule has 0 atom stereocenters. The number of hydrogen-bond acceptors (Lipinski definition) is 4. The van der Waals surface area contributed by atoms with Crippen molar-refractivity contribution in [3.05, 3.63) is 119 Å². The predicted octanol–water partition coefficient (Wildman–Crippen LogP) is 7.21. The number of nitrogens with one attached hydrogen (secondary N) is 1. The summed E-state index contributed by atoms with van der Waals surface area (Å²) in [6, 6.07) is 29.9. The summed E-state index contributed by atoms with van der Waals surface area (Å²) in [5.41, 5.74) is 6.83. The summed E-state index contributed by atoms with van der Waals surface area (Å²) >= 11 is 0. The number of carbonyl (C=O) groups excluding carboxylic acids is 1. The Morgan fingerprint density at radius 3 is 2.11 bits per heavy atom. The van der Waals surface area contributed by atoms with Crippen LogP contribution in [-0.4, -0.2) is 19.5 Å². The molecular formula is C33H34N2O3. The second kappa shape index (κ2) is 11.4. The van der Waals surface area contributed by atoms with Crippen LogP contribution in [0.2, 0.25) is 0 Å². The number of hydrogen-bond donors (Lipinski definition) is 1. The molecule has 4 aromatic rings. The van der Waals surface area contributed by atoms with Crippen LogP contribution in [-0.2, 0) is 19.6 Å². The van der Waals surface area contributed by atoms with E-state index in [1.54, 1.807) is 0 Å². The summed E-state index contributed by atoms with van der Waals surface area (Å²) in [5, 5.41) is 3.11. The van der Waals surface area contributed by atoms with Gasteiger partial charge >= 0.3 is 0 Å². The highest BCUT2D eigenvalue weighted by molar-refractivity contribution is 6.06. The number of benzene rings is 4. The third kappa shape index (κ3) is 5.83. The molecule has 0 radical (unpaired) electrons. The summed E-state index contributed by atoms with van der Waals surface area (Å²) in [5.74, 6) is 1.19. The van der Waals surface area contributed by atoms with Crippen molar-refractivity contribution in [1.29, 1.82) is 0 Å². The van der Waals surface area contributed by atoms with Crippen LogP contribution in [0.15, 0.2) is 91.0 Å². The summed E-state index contributed by atoms with van der Waals surface area (Å²) in [6.45, 7) is 5.99. The Hall–Kier alpha value is -4.25. The van der Waals surface area contributed by atoms with E-state index >= 15 is 0 Å². The zero-order valence-electron chi connectivity index (χ0n) is 22.2. The van der Waals surface area contributed by atoms with Crippen LogP contribution in [0.25, 0.3) is 0 Å². The minimum atomic E-state index is -0.198. The maximum atomic E-state index is 13.6. The lowest BCUT2D eigenvalue weighted by Crippen LogP contribution is -2.15. The number of nitrogens with zero attached hydrogens (tertiary/aromatic N) is 1. The molecule has 5 nitrogen and oxygen atoms in total. The molecule has 1 heterocycles. The first-order chi connectivity index (χ1) is 18.5. The van der Waals surface area contributed by atoms with E-state index in [1.165, 1.54) is 11.3 Å². The summed E-state index contributed by atoms with van der Waals surface area (Å²) < 4.78 is 12.5. The fourth-order valence-electron chi connectivity index (χ4n) is 4.76. The van der Waals surface area contributed by atoms with Gasteiger partial charge in [-0.05, 0) is 58.9 Å². The van der Waals surface area contributed by atoms with Gasteiger partial charge in [-0.15, -0.1) is 0 Å². The van der Waals surface area contributed by atoms with Crippen molar-refractivity contribution in [1.82, 2.24) is 0 Å². The van der Waals surface area contributed by atoms with Crippen molar-refractivity contribution in [3.63, 3.8) is 0 Å². The van der Waals surface area contributed by atoms with Gasteiger partial charge in [0.1, 0.15) is 24.7 Å². The SMILES string of the molecule is CC(C)c1cc(C(=O)Nc2ccc3c(c2)CCN3C)c(OCc2ccccc2)cc1OCc1ccccc1. The number of carbonyl (C=O) groups is 1. The van der Waals surface area contributed by atoms with Crippen LogP contribution >= 0.6 is 0 Å². The largest absolute Gasteiger partial charge is 0.488 e. The highest BCUT2D eigenvalue weighted by Gasteiger charge is 2.21. The van der Waals surface area contributed by atoms with Crippen molar-refractivity contribution in [2.45, 2.75) is 39.4 Å². The number of rotatable bonds is 9. The lowest BCUT2D eigenvalue weighted by atomic mass is 9.98. The van der Waals surface area contributed by atoms with Crippen LogP contribution in [0.4, 0.5) is 11.4 Å². The van der Waals surface area contributed by atoms with E-state index < -0.39 is 0 Å². The van der Waals surface area contributed by atoms with Crippen LogP contribution in [0, 0.1) is 0 Å². The first-order valence-electron chi connectivity index (χ1n) is 13.1. The molecule has 0 unspecified atom stereocenters. The molecule has 0 aromatic heterocycles. The van der Waals surface area contributed by atoms with Crippen molar-refractivity contribution < 1.29 is 14.3 Å². The molecule has 0 spiro atoms. The smallest absolute Gasteiger partial charge is 0.259 e. The zero-order valence-corrected chi connectivity index (χ0v) is 22.2. The van der Waals surface area contributed by atoms with Crippen molar-refractivity contribution in [2.24, 2.45) is 0 Å². The quantitative estimate of drug-likeness (QED) is 0.261. The first-order valence-corrected chi connectivity index (χ1v) is 13.1. The van der Waals surface area contributed by atoms with Gasteiger partial charge < -0.3 is 19.7 Å². The molecule has 4 aromatic carbocycles. The third-order valence-electron chi connectivity index (χ3n) is 6.92. The molecule has 0 saturated heterocycles. The van der Waals surface area contributed by atoms with Crippen LogP contribution in [0.1, 0.15) is 52.4 Å². The molecule has 0 aliphatic carbocycles. The van der Waals surface area contributed by atoms with Gasteiger partial charge in [0.2, 0.25) is 0 Å². The standard InChI is InChI=1S/C33H34N2O3/c1-23(2)28-19-29(33(36)34-27-14-15-30-26(18-27)16-17-35(30)3)32(38-22-25-12-8-5-9-13-25)20-31(28)37-21-24-10-6-4-7-11-24/h4-15,18-20,23H,16-17,21-22H2,1-3H3,(H,34,36). The lowest BCUT2D eigenvalue weighted by Gasteiger charge is -2.20. The molecule has 1 amide bonds. The Balaban J connectivity index is 1.45. The molecule has 0 saturated carbocycles. The van der Waals surface area contributed by atoms with Gasteiger partial charge in [0.15, 0.2) is 0 Å². The van der Waals surface area contributed by atoms with E-state index in [0.29, 0.717) is 24.5 Å². The van der Waals surface area contributed by atoms with Crippen LogP contribution in [0.3, 0.4) is 0 Å². The molecule has 5 heteroatoms. The van der Waals surface area contributed by atoms with Gasteiger partial charge in [0.25, 0.3) is 5.91 Å². The Kier molecular flexibility index (Phi) is 7.64. The molecule has 1 N–H and O–H groups in total. The minimum absolute atomic E-state index is 0.158. The van der Waals surface area contributed by atoms with E-state index in [4.69, 9.17) is 9.47 Å². The summed E-state index contributed by atoms with van der Waals surface area (Å²) in [7, 11) is 2.09. The zero-order chi connectivity index (χ0) is 26.5. The number of likely N-dealkylation sites (N-methyl/N-ethyl adjacent to an activating group) is 1. The summed E-state index contributed by atoms with van der Waals surface area (Å²) in [6.07, 6.45) is 0.978. The molecular weight excluding hydrogens is 472 g/mol. The average Bonchev–Trinajstić information content (AvgIpc) is 3.31. The van der Waals surface area contributed by atoms with E-state index in [9.17, 15) is 4.79 Å². The van der Waals surface area contributed by atoms with Gasteiger partial charge in [0.05, 0.1) is 5.56 Å². The van der Waals surface area contributed by atoms with E-state index in [1.807, 2.05) is 78.9 Å². The molecule has 38 heavy (non-hydrogen) atoms. The van der Waals surface area contributed by atoms with E-state index in [-0.39, 0.29) is 11.8 Å². The van der Waals surface area contributed by atoms with Crippen molar-refractivity contribution in [2.75, 3.05) is 23.8 Å². The minimum Gasteiger partial charge on any atom is -0.488 e. The molecule has 0 bridgehead atoms. The Bertz CT molecular complexity index is 1400. The molecule has 0 fully saturated rings. The van der Waals surface area contributed by atoms with E-state index in [2.05, 4.69) is 43.2 Å². The number of anilines is 2. The third-order valence-corrected chi connectivity index (χ3v) is 6.92. The Morgan fingerprint density at radius 2 is 1.47 bits per heavy atom. The highest BCUT2D eigenvalue weighted by atomic mass is 16.5. The van der Waals surface area contributed by atoms with Gasteiger partial charge in [-0.3, -0.25) is 4.79 Å². The fraction of sp³-hybridized carbons (Fsp3) is 0.242. The Morgan fingerprint density at radius 1 is 0.842 bits per heavy atom. The highest BCUT2D eigenvalue weighted by Crippen LogP contribution is 2.36. The average molecular weight is 507 g/mol. The normalized spacial score (nSPS) is 12.4. The fourth-order valence-corrected chi connectivity index (χ4v) is 4.76. The number of fused-ring (bicyclic) bond motifs is 1. The molecule has 1 aliphatic heterocycles. The molecule has 5 rings (SSSR count). The second-order valence-electron chi connectivity index (χ2n) is 10.1. The number of amides is 1. The van der Waals surface area contributed by atoms with Crippen LogP contribution in [0.5, 0.6) is 11.5 Å². The van der Waals surface area contributed by atoms with Gasteiger partial charge in [-0.1, -0.05) is 74.5 Å². The maximum absolute atomic E-state index is 13.6. The van der Waals surface area contributed by atoms with Gasteiger partial charge in [-0.25, -0.2) is 0 Å². The summed E-state index contributed by atoms with van der Waals surface area (Å²) in [4.78, 5) is 15.9. The van der Waals surface area contributed by atoms with Crippen molar-refractivity contribution in [3.8, 4) is 11.5 Å². The van der Waals surface area contributed by atoms with Gasteiger partial charge in [0, 0.05) is 31.0 Å². The Labute approximate surface area is 225 Å². The first kappa shape index (κ1) is 25.4. The van der Waals surface area contributed by atoms with Crippen LogP contribution < -0.4 is 19.7 Å². The lowest BCUT2D eigenvalue weighted by molar-refractivity contribution is 0.102. The van der Waals surface area contributed by atoms with Gasteiger partial charge in [-0.2, -0.15) is 0 Å². The molecule has 1 aliphatic rings. The van der Waals surface area contributed by atoms with Crippen molar-refractivity contribution >= 4 is 17.3 Å². The molecule has 194 valence electrons. The monoisotopic (exact) mass is 506 g/mol.